The van der Waals surface area contributed by atoms with Crippen LogP contribution in [0.25, 0.3) is 0 Å². The third-order valence-corrected chi connectivity index (χ3v) is 6.56. The van der Waals surface area contributed by atoms with Crippen molar-refractivity contribution < 1.29 is 4.79 Å². The van der Waals surface area contributed by atoms with Gasteiger partial charge in [0, 0.05) is 17.8 Å². The topological polar surface area (TPSA) is 59.7 Å². The fraction of sp³-hybridized carbons (Fsp3) is 0.346. The Hall–Kier alpha value is -3.39. The second kappa shape index (κ2) is 8.03. The minimum atomic E-state index is 0.114. The van der Waals surface area contributed by atoms with E-state index in [1.165, 1.54) is 16.8 Å². The Kier molecular flexibility index (Phi) is 5.07. The Bertz CT molecular complexity index is 1120. The van der Waals surface area contributed by atoms with Gasteiger partial charge < -0.3 is 4.90 Å². The molecule has 0 aromatic heterocycles. The smallest absolute Gasteiger partial charge is 0.258 e. The van der Waals surface area contributed by atoms with Crippen molar-refractivity contribution in [2.75, 3.05) is 13.1 Å². The summed E-state index contributed by atoms with van der Waals surface area (Å²) in [6.07, 6.45) is 3.67. The van der Waals surface area contributed by atoms with E-state index in [0.717, 1.165) is 55.9 Å². The molecular weight excluding hydrogens is 384 g/mol. The molecule has 0 bridgehead atoms. The minimum Gasteiger partial charge on any atom is -0.314 e. The number of rotatable bonds is 4. The van der Waals surface area contributed by atoms with E-state index in [1.807, 2.05) is 23.1 Å². The predicted octanol–water partition coefficient (Wildman–Crippen LogP) is 4.18. The number of hydrogen-bond acceptors (Lipinski definition) is 4. The van der Waals surface area contributed by atoms with Crippen LogP contribution in [0.3, 0.4) is 0 Å². The number of amides is 1. The molecule has 0 radical (unpaired) electrons. The molecule has 2 aromatic rings. The molecule has 0 N–H and O–H groups in total. The SMILES string of the molecule is Cc1ccc(CN2C(=O)C3=C(CCC(Cc4cccc(C#N)c4)C3)N3CCN=C23)cc1. The Morgan fingerprint density at radius 1 is 1.16 bits per heavy atom. The number of aryl methyl sites for hydroxylation is 1. The quantitative estimate of drug-likeness (QED) is 0.760. The third-order valence-electron chi connectivity index (χ3n) is 6.56. The van der Waals surface area contributed by atoms with Gasteiger partial charge in [-0.3, -0.25) is 14.7 Å². The number of hydrogen-bond donors (Lipinski definition) is 0. The Labute approximate surface area is 183 Å². The molecule has 5 heteroatoms. The Balaban J connectivity index is 1.39. The highest BCUT2D eigenvalue weighted by Gasteiger charge is 2.41. The molecule has 1 unspecified atom stereocenters. The number of carbonyl (C=O) groups is 1. The number of guanidine groups is 1. The van der Waals surface area contributed by atoms with Gasteiger partial charge in [0.2, 0.25) is 5.96 Å². The molecule has 0 spiro atoms. The number of benzene rings is 2. The summed E-state index contributed by atoms with van der Waals surface area (Å²) >= 11 is 0. The van der Waals surface area contributed by atoms with E-state index in [2.05, 4.69) is 53.2 Å². The first-order valence-electron chi connectivity index (χ1n) is 11.0. The van der Waals surface area contributed by atoms with Crippen LogP contribution in [0.4, 0.5) is 0 Å². The molecule has 3 aliphatic rings. The van der Waals surface area contributed by atoms with E-state index in [1.54, 1.807) is 0 Å². The van der Waals surface area contributed by atoms with Crippen LogP contribution in [0.1, 0.15) is 41.5 Å². The van der Waals surface area contributed by atoms with Gasteiger partial charge in [0.15, 0.2) is 0 Å². The van der Waals surface area contributed by atoms with Crippen molar-refractivity contribution in [1.82, 2.24) is 9.80 Å². The molecule has 0 saturated carbocycles. The van der Waals surface area contributed by atoms with Crippen molar-refractivity contribution in [3.05, 3.63) is 82.1 Å². The number of carbonyl (C=O) groups excluding carboxylic acids is 1. The predicted molar refractivity (Wildman–Crippen MR) is 120 cm³/mol. The number of aliphatic imine (C=N–C) groups is 1. The van der Waals surface area contributed by atoms with Crippen LogP contribution in [0.15, 0.2) is 64.8 Å². The van der Waals surface area contributed by atoms with E-state index in [9.17, 15) is 10.1 Å². The summed E-state index contributed by atoms with van der Waals surface area (Å²) in [6.45, 7) is 4.24. The summed E-state index contributed by atoms with van der Waals surface area (Å²) in [7, 11) is 0. The zero-order chi connectivity index (χ0) is 21.4. The zero-order valence-corrected chi connectivity index (χ0v) is 17.8. The van der Waals surface area contributed by atoms with Gasteiger partial charge in [-0.15, -0.1) is 0 Å². The summed E-state index contributed by atoms with van der Waals surface area (Å²) in [5.41, 5.74) is 6.36. The molecule has 1 aliphatic carbocycles. The number of allylic oxidation sites excluding steroid dienone is 1. The average molecular weight is 411 g/mol. The van der Waals surface area contributed by atoms with Crippen LogP contribution in [0.5, 0.6) is 0 Å². The van der Waals surface area contributed by atoms with Crippen LogP contribution in [-0.2, 0) is 17.8 Å². The molecule has 2 aromatic carbocycles. The average Bonchev–Trinajstić information content (AvgIpc) is 3.28. The lowest BCUT2D eigenvalue weighted by Crippen LogP contribution is -2.51. The highest BCUT2D eigenvalue weighted by molar-refractivity contribution is 6.09. The molecule has 0 fully saturated rings. The van der Waals surface area contributed by atoms with Gasteiger partial charge in [0.25, 0.3) is 5.91 Å². The molecule has 0 saturated heterocycles. The lowest BCUT2D eigenvalue weighted by molar-refractivity contribution is -0.125. The van der Waals surface area contributed by atoms with Crippen LogP contribution < -0.4 is 0 Å². The molecular formula is C26H26N4O. The maximum atomic E-state index is 13.6. The van der Waals surface area contributed by atoms with Crippen LogP contribution in [0.2, 0.25) is 0 Å². The fourth-order valence-electron chi connectivity index (χ4n) is 4.98. The molecule has 31 heavy (non-hydrogen) atoms. The largest absolute Gasteiger partial charge is 0.314 e. The van der Waals surface area contributed by atoms with Crippen LogP contribution in [0, 0.1) is 24.2 Å². The van der Waals surface area contributed by atoms with E-state index in [4.69, 9.17) is 0 Å². The molecule has 1 amide bonds. The van der Waals surface area contributed by atoms with Crippen LogP contribution in [-0.4, -0.2) is 34.8 Å². The molecule has 1 atom stereocenters. The third kappa shape index (κ3) is 3.74. The molecule has 5 nitrogen and oxygen atoms in total. The zero-order valence-electron chi connectivity index (χ0n) is 17.8. The summed E-state index contributed by atoms with van der Waals surface area (Å²) in [5, 5.41) is 9.19. The van der Waals surface area contributed by atoms with Gasteiger partial charge in [0.1, 0.15) is 0 Å². The molecule has 5 rings (SSSR count). The molecule has 2 heterocycles. The summed E-state index contributed by atoms with van der Waals surface area (Å²) < 4.78 is 0. The number of fused-ring (bicyclic) bond motifs is 2. The van der Waals surface area contributed by atoms with Gasteiger partial charge in [-0.05, 0) is 61.8 Å². The van der Waals surface area contributed by atoms with Gasteiger partial charge in [0.05, 0.1) is 24.7 Å². The van der Waals surface area contributed by atoms with Crippen LogP contribution >= 0.6 is 0 Å². The molecule has 2 aliphatic heterocycles. The maximum absolute atomic E-state index is 13.6. The fourth-order valence-corrected chi connectivity index (χ4v) is 4.98. The minimum absolute atomic E-state index is 0.114. The Morgan fingerprint density at radius 3 is 2.81 bits per heavy atom. The van der Waals surface area contributed by atoms with Crippen molar-refractivity contribution in [2.24, 2.45) is 10.9 Å². The summed E-state index contributed by atoms with van der Waals surface area (Å²) in [6, 6.07) is 18.4. The lowest BCUT2D eigenvalue weighted by Gasteiger charge is -2.41. The second-order valence-corrected chi connectivity index (χ2v) is 8.76. The van der Waals surface area contributed by atoms with Crippen molar-refractivity contribution in [3.63, 3.8) is 0 Å². The van der Waals surface area contributed by atoms with Gasteiger partial charge >= 0.3 is 0 Å². The van der Waals surface area contributed by atoms with Crippen molar-refractivity contribution in [1.29, 1.82) is 5.26 Å². The van der Waals surface area contributed by atoms with E-state index in [0.29, 0.717) is 18.0 Å². The first-order chi connectivity index (χ1) is 15.1. The van der Waals surface area contributed by atoms with E-state index < -0.39 is 0 Å². The maximum Gasteiger partial charge on any atom is 0.258 e. The number of nitrogens with zero attached hydrogens (tertiary/aromatic N) is 4. The standard InChI is InChI=1S/C26H26N4O/c1-18-5-7-19(8-6-18)17-30-25(31)23-15-21(13-20-3-2-4-22(14-20)16-27)9-10-24(23)29-12-11-28-26(29)30/h2-8,14,21H,9-13,15,17H2,1H3. The van der Waals surface area contributed by atoms with Crippen molar-refractivity contribution in [2.45, 2.75) is 39.2 Å². The summed E-state index contributed by atoms with van der Waals surface area (Å²) in [5.74, 6) is 1.35. The van der Waals surface area contributed by atoms with Gasteiger partial charge in [-0.25, -0.2) is 0 Å². The van der Waals surface area contributed by atoms with Gasteiger partial charge in [-0.2, -0.15) is 5.26 Å². The van der Waals surface area contributed by atoms with E-state index in [-0.39, 0.29) is 5.91 Å². The van der Waals surface area contributed by atoms with Crippen molar-refractivity contribution in [3.8, 4) is 6.07 Å². The highest BCUT2D eigenvalue weighted by Crippen LogP contribution is 2.39. The van der Waals surface area contributed by atoms with Crippen molar-refractivity contribution >= 4 is 11.9 Å². The number of nitriles is 1. The Morgan fingerprint density at radius 2 is 2.00 bits per heavy atom. The first-order valence-corrected chi connectivity index (χ1v) is 11.0. The molecule has 156 valence electrons. The first kappa shape index (κ1) is 19.6. The normalized spacial score (nSPS) is 20.3. The second-order valence-electron chi connectivity index (χ2n) is 8.76. The highest BCUT2D eigenvalue weighted by atomic mass is 16.2. The lowest BCUT2D eigenvalue weighted by atomic mass is 9.81. The summed E-state index contributed by atoms with van der Waals surface area (Å²) in [4.78, 5) is 22.4. The van der Waals surface area contributed by atoms with Gasteiger partial charge in [-0.1, -0.05) is 42.0 Å². The monoisotopic (exact) mass is 410 g/mol. The van der Waals surface area contributed by atoms with E-state index >= 15 is 0 Å².